The summed E-state index contributed by atoms with van der Waals surface area (Å²) in [6.45, 7) is 2.03. The average molecular weight is 300 g/mol. The molecule has 0 heterocycles. The summed E-state index contributed by atoms with van der Waals surface area (Å²) in [5, 5.41) is 2.70. The molecule has 0 atom stereocenters. The fourth-order valence-electron chi connectivity index (χ4n) is 1.62. The molecule has 0 spiro atoms. The quantitative estimate of drug-likeness (QED) is 0.809. The summed E-state index contributed by atoms with van der Waals surface area (Å²) in [6.07, 6.45) is 1.07. The smallest absolute Gasteiger partial charge is 0.239 e. The van der Waals surface area contributed by atoms with Crippen LogP contribution < -0.4 is 5.32 Å². The number of amides is 1. The summed E-state index contributed by atoms with van der Waals surface area (Å²) in [4.78, 5) is 11.9. The van der Waals surface area contributed by atoms with Gasteiger partial charge in [0.1, 0.15) is 0 Å². The molecule has 0 fully saturated rings. The monoisotopic (exact) mass is 300 g/mol. The Morgan fingerprint density at radius 3 is 2.55 bits per heavy atom. The van der Waals surface area contributed by atoms with Crippen molar-refractivity contribution in [1.82, 2.24) is 4.31 Å². The first-order valence-electron chi connectivity index (χ1n) is 6.14. The molecule has 6 nitrogen and oxygen atoms in total. The van der Waals surface area contributed by atoms with Gasteiger partial charge in [-0.2, -0.15) is 4.31 Å². The van der Waals surface area contributed by atoms with Crippen LogP contribution in [0.25, 0.3) is 0 Å². The Labute approximate surface area is 119 Å². The highest BCUT2D eigenvalue weighted by atomic mass is 32.2. The predicted molar refractivity (Wildman–Crippen MR) is 78.1 cm³/mol. The molecule has 0 saturated carbocycles. The topological polar surface area (TPSA) is 75.7 Å². The lowest BCUT2D eigenvalue weighted by Crippen LogP contribution is -2.39. The maximum atomic E-state index is 11.9. The molecule has 0 aliphatic rings. The molecule has 0 unspecified atom stereocenters. The molecule has 0 bridgehead atoms. The molecule has 0 aliphatic heterocycles. The molecular weight excluding hydrogens is 280 g/mol. The van der Waals surface area contributed by atoms with Crippen molar-refractivity contribution >= 4 is 21.6 Å². The molecule has 0 saturated heterocycles. The largest absolute Gasteiger partial charge is 0.383 e. The number of methoxy groups -OCH3 is 1. The van der Waals surface area contributed by atoms with E-state index in [0.717, 1.165) is 16.1 Å². The first-order chi connectivity index (χ1) is 9.34. The third-order valence-corrected chi connectivity index (χ3v) is 4.00. The van der Waals surface area contributed by atoms with Gasteiger partial charge in [0.25, 0.3) is 0 Å². The molecule has 1 N–H and O–H groups in total. The molecule has 1 amide bonds. The van der Waals surface area contributed by atoms with Crippen molar-refractivity contribution in [1.29, 1.82) is 0 Å². The van der Waals surface area contributed by atoms with Gasteiger partial charge in [-0.05, 0) is 18.6 Å². The van der Waals surface area contributed by atoms with E-state index in [1.54, 1.807) is 6.07 Å². The minimum atomic E-state index is -3.44. The van der Waals surface area contributed by atoms with Crippen LogP contribution in [0, 0.1) is 6.92 Å². The summed E-state index contributed by atoms with van der Waals surface area (Å²) >= 11 is 0. The average Bonchev–Trinajstić information content (AvgIpc) is 2.36. The van der Waals surface area contributed by atoms with Gasteiger partial charge in [-0.15, -0.1) is 0 Å². The van der Waals surface area contributed by atoms with Crippen LogP contribution in [0.2, 0.25) is 0 Å². The number of sulfonamides is 1. The SMILES string of the molecule is COCCN(CC(=O)Nc1ccccc1C)S(C)(=O)=O. The number of rotatable bonds is 7. The van der Waals surface area contributed by atoms with Crippen LogP contribution in [-0.4, -0.2) is 51.7 Å². The second-order valence-electron chi connectivity index (χ2n) is 4.45. The molecule has 1 aromatic carbocycles. The first kappa shape index (κ1) is 16.6. The molecule has 0 aromatic heterocycles. The molecular formula is C13H20N2O4S. The minimum Gasteiger partial charge on any atom is -0.383 e. The number of nitrogens with one attached hydrogen (secondary N) is 1. The van der Waals surface area contributed by atoms with Gasteiger partial charge >= 0.3 is 0 Å². The Bertz CT molecular complexity index is 557. The Morgan fingerprint density at radius 1 is 1.35 bits per heavy atom. The Morgan fingerprint density at radius 2 is 2.00 bits per heavy atom. The van der Waals surface area contributed by atoms with E-state index in [-0.39, 0.29) is 25.6 Å². The zero-order valence-corrected chi connectivity index (χ0v) is 12.7. The van der Waals surface area contributed by atoms with E-state index in [1.807, 2.05) is 25.1 Å². The van der Waals surface area contributed by atoms with Crippen molar-refractivity contribution in [2.45, 2.75) is 6.92 Å². The molecule has 7 heteroatoms. The first-order valence-corrected chi connectivity index (χ1v) is 7.99. The number of carbonyl (C=O) groups is 1. The predicted octanol–water partition coefficient (Wildman–Crippen LogP) is 0.842. The number of anilines is 1. The number of hydrogen-bond donors (Lipinski definition) is 1. The van der Waals surface area contributed by atoms with Gasteiger partial charge in [0.2, 0.25) is 15.9 Å². The highest BCUT2D eigenvalue weighted by Crippen LogP contribution is 2.13. The molecule has 20 heavy (non-hydrogen) atoms. The maximum Gasteiger partial charge on any atom is 0.239 e. The van der Waals surface area contributed by atoms with Gasteiger partial charge in [-0.1, -0.05) is 18.2 Å². The summed E-state index contributed by atoms with van der Waals surface area (Å²) in [5.41, 5.74) is 1.60. The van der Waals surface area contributed by atoms with E-state index < -0.39 is 10.0 Å². The van der Waals surface area contributed by atoms with Crippen molar-refractivity contribution in [2.75, 3.05) is 38.4 Å². The lowest BCUT2D eigenvalue weighted by atomic mass is 10.2. The maximum absolute atomic E-state index is 11.9. The summed E-state index contributed by atoms with van der Waals surface area (Å²) in [7, 11) is -1.96. The van der Waals surface area contributed by atoms with Crippen LogP contribution in [0.5, 0.6) is 0 Å². The number of benzene rings is 1. The molecule has 1 rings (SSSR count). The number of ether oxygens (including phenoxy) is 1. The highest BCUT2D eigenvalue weighted by Gasteiger charge is 2.19. The van der Waals surface area contributed by atoms with Crippen LogP contribution in [-0.2, 0) is 19.6 Å². The number of hydrogen-bond acceptors (Lipinski definition) is 4. The Hall–Kier alpha value is -1.44. The minimum absolute atomic E-state index is 0.149. The van der Waals surface area contributed by atoms with Crippen molar-refractivity contribution in [2.24, 2.45) is 0 Å². The third kappa shape index (κ3) is 5.28. The third-order valence-electron chi connectivity index (χ3n) is 2.75. The lowest BCUT2D eigenvalue weighted by Gasteiger charge is -2.19. The van der Waals surface area contributed by atoms with E-state index >= 15 is 0 Å². The molecule has 0 aliphatic carbocycles. The summed E-state index contributed by atoms with van der Waals surface area (Å²) < 4.78 is 29.1. The van der Waals surface area contributed by atoms with Crippen molar-refractivity contribution in [3.8, 4) is 0 Å². The normalized spacial score (nSPS) is 11.6. The highest BCUT2D eigenvalue weighted by molar-refractivity contribution is 7.88. The summed E-state index contributed by atoms with van der Waals surface area (Å²) in [6, 6.07) is 7.32. The number of carbonyl (C=O) groups excluding carboxylic acids is 1. The van der Waals surface area contributed by atoms with Gasteiger partial charge in [-0.3, -0.25) is 4.79 Å². The van der Waals surface area contributed by atoms with Gasteiger partial charge in [0.05, 0.1) is 19.4 Å². The zero-order valence-electron chi connectivity index (χ0n) is 11.9. The van der Waals surface area contributed by atoms with Crippen LogP contribution >= 0.6 is 0 Å². The van der Waals surface area contributed by atoms with Crippen LogP contribution in [0.1, 0.15) is 5.56 Å². The van der Waals surface area contributed by atoms with E-state index in [9.17, 15) is 13.2 Å². The van der Waals surface area contributed by atoms with E-state index in [1.165, 1.54) is 7.11 Å². The van der Waals surface area contributed by atoms with Crippen LogP contribution in [0.4, 0.5) is 5.69 Å². The van der Waals surface area contributed by atoms with Gasteiger partial charge in [0.15, 0.2) is 0 Å². The fraction of sp³-hybridized carbons (Fsp3) is 0.462. The van der Waals surface area contributed by atoms with Crippen molar-refractivity contribution in [3.05, 3.63) is 29.8 Å². The second kappa shape index (κ2) is 7.37. The van der Waals surface area contributed by atoms with Crippen LogP contribution in [0.15, 0.2) is 24.3 Å². The van der Waals surface area contributed by atoms with Gasteiger partial charge < -0.3 is 10.1 Å². The Kier molecular flexibility index (Phi) is 6.12. The zero-order chi connectivity index (χ0) is 15.2. The molecule has 112 valence electrons. The standard InChI is InChI=1S/C13H20N2O4S/c1-11-6-4-5-7-12(11)14-13(16)10-15(8-9-19-2)20(3,17)18/h4-7H,8-10H2,1-3H3,(H,14,16). The number of nitrogens with zero attached hydrogens (tertiary/aromatic N) is 1. The molecule has 0 radical (unpaired) electrons. The van der Waals surface area contributed by atoms with Crippen molar-refractivity contribution in [3.63, 3.8) is 0 Å². The number of para-hydroxylation sites is 1. The summed E-state index contributed by atoms with van der Waals surface area (Å²) in [5.74, 6) is -0.374. The Balaban J connectivity index is 2.69. The van der Waals surface area contributed by atoms with Gasteiger partial charge in [0, 0.05) is 19.3 Å². The van der Waals surface area contributed by atoms with E-state index in [0.29, 0.717) is 5.69 Å². The lowest BCUT2D eigenvalue weighted by molar-refractivity contribution is -0.116. The van der Waals surface area contributed by atoms with Crippen LogP contribution in [0.3, 0.4) is 0 Å². The second-order valence-corrected chi connectivity index (χ2v) is 6.43. The van der Waals surface area contributed by atoms with Gasteiger partial charge in [-0.25, -0.2) is 8.42 Å². The van der Waals surface area contributed by atoms with E-state index in [2.05, 4.69) is 5.32 Å². The van der Waals surface area contributed by atoms with Crippen molar-refractivity contribution < 1.29 is 17.9 Å². The molecule has 1 aromatic rings. The van der Waals surface area contributed by atoms with E-state index in [4.69, 9.17) is 4.74 Å². The fourth-order valence-corrected chi connectivity index (χ4v) is 2.38. The number of aryl methyl sites for hydroxylation is 1.